The van der Waals surface area contributed by atoms with Crippen molar-refractivity contribution < 1.29 is 22.8 Å². The number of nitrogens with zero attached hydrogens (tertiary/aromatic N) is 1. The molecule has 0 bridgehead atoms. The number of likely N-dealkylation sites (tertiary alicyclic amines) is 1. The SMILES string of the molecule is O=C(NCCc1ccccc1Cl)[C@H]1CCC(=O)N(Cc2cccc(C(F)(F)F)c2)C1. The van der Waals surface area contributed by atoms with Crippen LogP contribution in [0.25, 0.3) is 0 Å². The van der Waals surface area contributed by atoms with E-state index in [1.54, 1.807) is 12.1 Å². The van der Waals surface area contributed by atoms with Gasteiger partial charge in [-0.25, -0.2) is 0 Å². The molecule has 2 amide bonds. The van der Waals surface area contributed by atoms with Crippen LogP contribution < -0.4 is 5.32 Å². The Hall–Kier alpha value is -2.54. The molecule has 0 radical (unpaired) electrons. The lowest BCUT2D eigenvalue weighted by Crippen LogP contribution is -2.45. The van der Waals surface area contributed by atoms with Crippen LogP contribution in [-0.2, 0) is 28.7 Å². The highest BCUT2D eigenvalue weighted by Crippen LogP contribution is 2.30. The number of nitrogens with one attached hydrogen (secondary N) is 1. The Balaban J connectivity index is 1.56. The lowest BCUT2D eigenvalue weighted by molar-refractivity contribution is -0.139. The number of rotatable bonds is 6. The van der Waals surface area contributed by atoms with Crippen molar-refractivity contribution in [3.05, 3.63) is 70.2 Å². The second-order valence-corrected chi connectivity index (χ2v) is 7.75. The van der Waals surface area contributed by atoms with E-state index < -0.39 is 11.7 Å². The van der Waals surface area contributed by atoms with Gasteiger partial charge in [0.1, 0.15) is 0 Å². The lowest BCUT2D eigenvalue weighted by atomic mass is 9.96. The van der Waals surface area contributed by atoms with E-state index >= 15 is 0 Å². The zero-order valence-electron chi connectivity index (χ0n) is 16.2. The maximum atomic E-state index is 12.9. The topological polar surface area (TPSA) is 49.4 Å². The molecule has 0 saturated carbocycles. The summed E-state index contributed by atoms with van der Waals surface area (Å²) in [6.45, 7) is 0.653. The Morgan fingerprint density at radius 1 is 1.17 bits per heavy atom. The Morgan fingerprint density at radius 2 is 1.93 bits per heavy atom. The minimum Gasteiger partial charge on any atom is -0.355 e. The van der Waals surface area contributed by atoms with Gasteiger partial charge in [-0.3, -0.25) is 9.59 Å². The van der Waals surface area contributed by atoms with Gasteiger partial charge in [0.05, 0.1) is 11.5 Å². The van der Waals surface area contributed by atoms with Crippen molar-refractivity contribution >= 4 is 23.4 Å². The third kappa shape index (κ3) is 5.75. The number of benzene rings is 2. The highest BCUT2D eigenvalue weighted by atomic mass is 35.5. The molecule has 0 aliphatic carbocycles. The molecule has 1 saturated heterocycles. The molecule has 0 unspecified atom stereocenters. The van der Waals surface area contributed by atoms with Gasteiger partial charge in [0.2, 0.25) is 11.8 Å². The quantitative estimate of drug-likeness (QED) is 0.724. The molecule has 30 heavy (non-hydrogen) atoms. The van der Waals surface area contributed by atoms with Crippen molar-refractivity contribution in [2.75, 3.05) is 13.1 Å². The monoisotopic (exact) mass is 438 g/mol. The molecule has 0 spiro atoms. The normalized spacial score (nSPS) is 17.1. The second-order valence-electron chi connectivity index (χ2n) is 7.34. The van der Waals surface area contributed by atoms with Crippen molar-refractivity contribution in [1.29, 1.82) is 0 Å². The van der Waals surface area contributed by atoms with Gasteiger partial charge in [0.15, 0.2) is 0 Å². The van der Waals surface area contributed by atoms with Crippen molar-refractivity contribution in [3.63, 3.8) is 0 Å². The van der Waals surface area contributed by atoms with Gasteiger partial charge in [-0.2, -0.15) is 13.2 Å². The van der Waals surface area contributed by atoms with Crippen LogP contribution in [0.15, 0.2) is 48.5 Å². The number of halogens is 4. The Kier molecular flexibility index (Phi) is 7.02. The fourth-order valence-corrected chi connectivity index (χ4v) is 3.74. The van der Waals surface area contributed by atoms with E-state index in [0.29, 0.717) is 30.0 Å². The van der Waals surface area contributed by atoms with Crippen LogP contribution in [0.3, 0.4) is 0 Å². The number of piperidine rings is 1. The van der Waals surface area contributed by atoms with Crippen molar-refractivity contribution in [2.45, 2.75) is 32.0 Å². The average molecular weight is 439 g/mol. The third-order valence-corrected chi connectivity index (χ3v) is 5.52. The molecule has 1 aliphatic heterocycles. The molecule has 1 atom stereocenters. The molecule has 1 aliphatic rings. The van der Waals surface area contributed by atoms with E-state index in [2.05, 4.69) is 5.32 Å². The van der Waals surface area contributed by atoms with Crippen LogP contribution in [0.2, 0.25) is 5.02 Å². The number of amides is 2. The fourth-order valence-electron chi connectivity index (χ4n) is 3.51. The summed E-state index contributed by atoms with van der Waals surface area (Å²) in [5.41, 5.74) is 0.570. The predicted octanol–water partition coefficient (Wildman–Crippen LogP) is 4.46. The van der Waals surface area contributed by atoms with E-state index in [1.165, 1.54) is 11.0 Å². The van der Waals surface area contributed by atoms with Crippen LogP contribution in [0.1, 0.15) is 29.5 Å². The fraction of sp³-hybridized carbons (Fsp3) is 0.364. The predicted molar refractivity (Wildman–Crippen MR) is 108 cm³/mol. The first kappa shape index (κ1) is 22.2. The maximum absolute atomic E-state index is 12.9. The summed E-state index contributed by atoms with van der Waals surface area (Å²) in [4.78, 5) is 26.2. The summed E-state index contributed by atoms with van der Waals surface area (Å²) in [5, 5.41) is 3.51. The summed E-state index contributed by atoms with van der Waals surface area (Å²) in [6, 6.07) is 12.3. The number of carbonyl (C=O) groups is 2. The minimum atomic E-state index is -4.44. The standard InChI is InChI=1S/C22H22ClF3N2O2/c23-19-7-2-1-5-16(19)10-11-27-21(30)17-8-9-20(29)28(14-17)13-15-4-3-6-18(12-15)22(24,25)26/h1-7,12,17H,8-11,13-14H2,(H,27,30)/t17-/m0/s1. The largest absolute Gasteiger partial charge is 0.416 e. The van der Waals surface area contributed by atoms with Gasteiger partial charge in [-0.1, -0.05) is 41.9 Å². The van der Waals surface area contributed by atoms with E-state index in [0.717, 1.165) is 17.7 Å². The van der Waals surface area contributed by atoms with Crippen molar-refractivity contribution in [2.24, 2.45) is 5.92 Å². The molecular weight excluding hydrogens is 417 g/mol. The highest BCUT2D eigenvalue weighted by molar-refractivity contribution is 6.31. The zero-order valence-corrected chi connectivity index (χ0v) is 17.0. The van der Waals surface area contributed by atoms with Crippen LogP contribution in [0.4, 0.5) is 13.2 Å². The molecule has 8 heteroatoms. The first-order valence-electron chi connectivity index (χ1n) is 9.69. The molecule has 4 nitrogen and oxygen atoms in total. The van der Waals surface area contributed by atoms with E-state index in [9.17, 15) is 22.8 Å². The van der Waals surface area contributed by atoms with Gasteiger partial charge in [-0.15, -0.1) is 0 Å². The summed E-state index contributed by atoms with van der Waals surface area (Å²) in [6.07, 6.45) is -3.23. The highest BCUT2D eigenvalue weighted by Gasteiger charge is 2.32. The van der Waals surface area contributed by atoms with Crippen LogP contribution in [0, 0.1) is 5.92 Å². The van der Waals surface area contributed by atoms with E-state index in [-0.39, 0.29) is 37.2 Å². The smallest absolute Gasteiger partial charge is 0.355 e. The molecule has 1 fully saturated rings. The number of alkyl halides is 3. The molecule has 2 aromatic carbocycles. The molecule has 1 heterocycles. The van der Waals surface area contributed by atoms with Crippen LogP contribution in [-0.4, -0.2) is 29.8 Å². The summed E-state index contributed by atoms with van der Waals surface area (Å²) >= 11 is 6.11. The molecule has 0 aromatic heterocycles. The molecule has 2 aromatic rings. The van der Waals surface area contributed by atoms with Gasteiger partial charge < -0.3 is 10.2 Å². The summed E-state index contributed by atoms with van der Waals surface area (Å²) in [5.74, 6) is -0.712. The van der Waals surface area contributed by atoms with Crippen LogP contribution >= 0.6 is 11.6 Å². The second kappa shape index (κ2) is 9.51. The summed E-state index contributed by atoms with van der Waals surface area (Å²) in [7, 11) is 0. The number of hydrogen-bond donors (Lipinski definition) is 1. The third-order valence-electron chi connectivity index (χ3n) is 5.15. The Bertz CT molecular complexity index is 917. The maximum Gasteiger partial charge on any atom is 0.416 e. The minimum absolute atomic E-state index is 0.0478. The first-order valence-corrected chi connectivity index (χ1v) is 10.1. The average Bonchev–Trinajstić information content (AvgIpc) is 2.70. The van der Waals surface area contributed by atoms with Gasteiger partial charge in [-0.05, 0) is 42.2 Å². The molecular formula is C22H22ClF3N2O2. The first-order chi connectivity index (χ1) is 14.2. The Labute approximate surface area is 178 Å². The summed E-state index contributed by atoms with van der Waals surface area (Å²) < 4.78 is 38.7. The lowest BCUT2D eigenvalue weighted by Gasteiger charge is -2.32. The number of hydrogen-bond acceptors (Lipinski definition) is 2. The molecule has 1 N–H and O–H groups in total. The van der Waals surface area contributed by atoms with Crippen LogP contribution in [0.5, 0.6) is 0 Å². The zero-order chi connectivity index (χ0) is 21.7. The van der Waals surface area contributed by atoms with Gasteiger partial charge in [0, 0.05) is 31.1 Å². The van der Waals surface area contributed by atoms with Gasteiger partial charge >= 0.3 is 6.18 Å². The van der Waals surface area contributed by atoms with E-state index in [1.807, 2.05) is 18.2 Å². The molecule has 160 valence electrons. The molecule has 3 rings (SSSR count). The van der Waals surface area contributed by atoms with E-state index in [4.69, 9.17) is 11.6 Å². The van der Waals surface area contributed by atoms with Crippen molar-refractivity contribution in [1.82, 2.24) is 10.2 Å². The number of carbonyl (C=O) groups excluding carboxylic acids is 2. The van der Waals surface area contributed by atoms with Crippen molar-refractivity contribution in [3.8, 4) is 0 Å². The van der Waals surface area contributed by atoms with Gasteiger partial charge in [0.25, 0.3) is 0 Å². The Morgan fingerprint density at radius 3 is 2.67 bits per heavy atom.